The second kappa shape index (κ2) is 9.05. The molecule has 2 amide bonds. The number of amides is 2. The van der Waals surface area contributed by atoms with Crippen molar-refractivity contribution in [2.45, 2.75) is 52.0 Å². The first-order valence-electron chi connectivity index (χ1n) is 10.1. The van der Waals surface area contributed by atoms with E-state index in [2.05, 4.69) is 17.6 Å². The lowest BCUT2D eigenvalue weighted by atomic mass is 9.88. The lowest BCUT2D eigenvalue weighted by Crippen LogP contribution is -3.11. The van der Waals surface area contributed by atoms with Crippen molar-refractivity contribution in [2.24, 2.45) is 5.92 Å². The van der Waals surface area contributed by atoms with Gasteiger partial charge in [0.05, 0.1) is 19.2 Å². The third-order valence-corrected chi connectivity index (χ3v) is 6.28. The maximum absolute atomic E-state index is 12.5. The van der Waals surface area contributed by atoms with E-state index in [4.69, 9.17) is 4.74 Å². The summed E-state index contributed by atoms with van der Waals surface area (Å²) in [7, 11) is 1.82. The lowest BCUT2D eigenvalue weighted by Gasteiger charge is -2.18. The predicted molar refractivity (Wildman–Crippen MR) is 108 cm³/mol. The Balaban J connectivity index is 1.65. The van der Waals surface area contributed by atoms with E-state index in [-0.39, 0.29) is 30.9 Å². The van der Waals surface area contributed by atoms with E-state index in [1.807, 2.05) is 7.05 Å². The van der Waals surface area contributed by atoms with Crippen LogP contribution in [0, 0.1) is 5.92 Å². The largest absolute Gasteiger partial charge is 0.462 e. The van der Waals surface area contributed by atoms with E-state index < -0.39 is 0 Å². The third-order valence-electron chi connectivity index (χ3n) is 5.11. The Morgan fingerprint density at radius 2 is 1.89 bits per heavy atom. The van der Waals surface area contributed by atoms with Crippen LogP contribution < -0.4 is 15.5 Å². The number of esters is 1. The van der Waals surface area contributed by atoms with Gasteiger partial charge in [0.15, 0.2) is 13.1 Å². The Bertz CT molecular complexity index is 757. The fourth-order valence-corrected chi connectivity index (χ4v) is 4.96. The van der Waals surface area contributed by atoms with Crippen LogP contribution in [-0.2, 0) is 27.2 Å². The van der Waals surface area contributed by atoms with Crippen LogP contribution in [0.3, 0.4) is 0 Å². The maximum atomic E-state index is 12.5. The first-order chi connectivity index (χ1) is 13.4. The second-order valence-corrected chi connectivity index (χ2v) is 9.08. The summed E-state index contributed by atoms with van der Waals surface area (Å²) in [5, 5.41) is 6.42. The van der Waals surface area contributed by atoms with Gasteiger partial charge in [-0.2, -0.15) is 0 Å². The summed E-state index contributed by atoms with van der Waals surface area (Å²) < 4.78 is 5.24. The number of likely N-dealkylation sites (N-methyl/N-ethyl adjacent to an activating group) is 1. The average Bonchev–Trinajstić information content (AvgIpc) is 3.33. The van der Waals surface area contributed by atoms with E-state index in [0.717, 1.165) is 42.6 Å². The van der Waals surface area contributed by atoms with Gasteiger partial charge in [-0.15, -0.1) is 11.3 Å². The monoisotopic (exact) mass is 408 g/mol. The van der Waals surface area contributed by atoms with E-state index >= 15 is 0 Å². The molecule has 154 valence electrons. The summed E-state index contributed by atoms with van der Waals surface area (Å²) in [5.74, 6) is -0.0193. The molecule has 0 spiro atoms. The molecule has 2 aliphatic rings. The Morgan fingerprint density at radius 1 is 1.18 bits per heavy atom. The molecular weight excluding hydrogens is 378 g/mol. The molecule has 1 heterocycles. The van der Waals surface area contributed by atoms with Crippen LogP contribution in [0.5, 0.6) is 0 Å². The zero-order valence-electron chi connectivity index (χ0n) is 16.9. The fourth-order valence-electron chi connectivity index (χ4n) is 3.55. The van der Waals surface area contributed by atoms with Crippen molar-refractivity contribution in [1.29, 1.82) is 0 Å². The summed E-state index contributed by atoms with van der Waals surface area (Å²) in [6, 6.07) is 0.320. The van der Waals surface area contributed by atoms with Gasteiger partial charge in [-0.3, -0.25) is 9.59 Å². The molecule has 2 atom stereocenters. The van der Waals surface area contributed by atoms with Gasteiger partial charge in [-0.1, -0.05) is 6.92 Å². The Labute approximate surface area is 169 Å². The van der Waals surface area contributed by atoms with Crippen LogP contribution in [0.2, 0.25) is 0 Å². The zero-order chi connectivity index (χ0) is 20.3. The normalized spacial score (nSPS) is 19.5. The molecule has 2 aliphatic carbocycles. The summed E-state index contributed by atoms with van der Waals surface area (Å²) in [4.78, 5) is 38.9. The van der Waals surface area contributed by atoms with E-state index in [9.17, 15) is 14.4 Å². The fraction of sp³-hybridized carbons (Fsp3) is 0.650. The molecule has 1 aromatic rings. The van der Waals surface area contributed by atoms with Gasteiger partial charge in [0.25, 0.3) is 11.8 Å². The number of fused-ring (bicyclic) bond motifs is 1. The Kier molecular flexibility index (Phi) is 6.72. The summed E-state index contributed by atoms with van der Waals surface area (Å²) in [5.41, 5.74) is 1.55. The molecule has 1 saturated carbocycles. The number of thiophene rings is 1. The van der Waals surface area contributed by atoms with Crippen molar-refractivity contribution in [3.05, 3.63) is 16.0 Å². The minimum absolute atomic E-state index is 0.0272. The SMILES string of the molecule is CCOC(=O)c1c(NC(=O)C[NH+](C)CC(=O)NC2CC2)sc2c1CC[C@H](C)C2. The first kappa shape index (κ1) is 20.8. The number of rotatable bonds is 8. The molecular formula is C20H30N3O4S+. The average molecular weight is 409 g/mol. The molecule has 8 heteroatoms. The molecule has 1 unspecified atom stereocenters. The second-order valence-electron chi connectivity index (χ2n) is 7.98. The molecule has 3 N–H and O–H groups in total. The molecule has 1 fully saturated rings. The maximum Gasteiger partial charge on any atom is 0.341 e. The van der Waals surface area contributed by atoms with Crippen LogP contribution in [-0.4, -0.2) is 50.6 Å². The van der Waals surface area contributed by atoms with Crippen molar-refractivity contribution < 1.29 is 24.0 Å². The zero-order valence-corrected chi connectivity index (χ0v) is 17.7. The quantitative estimate of drug-likeness (QED) is 0.555. The molecule has 7 nitrogen and oxygen atoms in total. The predicted octanol–water partition coefficient (Wildman–Crippen LogP) is 0.781. The highest BCUT2D eigenvalue weighted by molar-refractivity contribution is 7.17. The van der Waals surface area contributed by atoms with Crippen molar-refractivity contribution in [1.82, 2.24) is 5.32 Å². The van der Waals surface area contributed by atoms with Gasteiger partial charge in [-0.05, 0) is 50.5 Å². The number of hydrogen-bond donors (Lipinski definition) is 3. The van der Waals surface area contributed by atoms with Crippen LogP contribution in [0.4, 0.5) is 5.00 Å². The van der Waals surface area contributed by atoms with Crippen LogP contribution in [0.15, 0.2) is 0 Å². The number of nitrogens with one attached hydrogen (secondary N) is 3. The number of anilines is 1. The van der Waals surface area contributed by atoms with Gasteiger partial charge in [0.2, 0.25) is 0 Å². The van der Waals surface area contributed by atoms with Crippen molar-refractivity contribution in [3.8, 4) is 0 Å². The van der Waals surface area contributed by atoms with E-state index in [0.29, 0.717) is 29.1 Å². The van der Waals surface area contributed by atoms with Gasteiger partial charge >= 0.3 is 5.97 Å². The number of quaternary nitrogens is 1. The summed E-state index contributed by atoms with van der Waals surface area (Å²) >= 11 is 1.48. The molecule has 0 bridgehead atoms. The van der Waals surface area contributed by atoms with Gasteiger partial charge in [-0.25, -0.2) is 4.79 Å². The summed E-state index contributed by atoms with van der Waals surface area (Å²) in [6.07, 6.45) is 4.89. The molecule has 0 aliphatic heterocycles. The standard InChI is InChI=1S/C20H29N3O4S/c1-4-27-20(26)18-14-8-5-12(2)9-15(14)28-19(18)22-17(25)11-23(3)10-16(24)21-13-6-7-13/h12-13H,4-11H2,1-3H3,(H,21,24)(H,22,25)/p+1/t12-/m0/s1. The third kappa shape index (κ3) is 5.32. The topological polar surface area (TPSA) is 88.9 Å². The highest BCUT2D eigenvalue weighted by Crippen LogP contribution is 2.40. The van der Waals surface area contributed by atoms with Crippen LogP contribution >= 0.6 is 11.3 Å². The highest BCUT2D eigenvalue weighted by atomic mass is 32.1. The molecule has 0 aromatic carbocycles. The van der Waals surface area contributed by atoms with E-state index in [1.165, 1.54) is 16.2 Å². The molecule has 1 aromatic heterocycles. The molecule has 3 rings (SSSR count). The van der Waals surface area contributed by atoms with Gasteiger partial charge in [0.1, 0.15) is 5.00 Å². The van der Waals surface area contributed by atoms with E-state index in [1.54, 1.807) is 6.92 Å². The van der Waals surface area contributed by atoms with Crippen LogP contribution in [0.1, 0.15) is 53.9 Å². The van der Waals surface area contributed by atoms with Gasteiger partial charge in [0, 0.05) is 10.9 Å². The van der Waals surface area contributed by atoms with Crippen LogP contribution in [0.25, 0.3) is 0 Å². The summed E-state index contributed by atoms with van der Waals surface area (Å²) in [6.45, 7) is 4.71. The Hall–Kier alpha value is -1.93. The first-order valence-corrected chi connectivity index (χ1v) is 10.9. The van der Waals surface area contributed by atoms with Crippen molar-refractivity contribution >= 4 is 34.1 Å². The molecule has 28 heavy (non-hydrogen) atoms. The van der Waals surface area contributed by atoms with Gasteiger partial charge < -0.3 is 20.3 Å². The molecule has 0 saturated heterocycles. The Morgan fingerprint density at radius 3 is 2.57 bits per heavy atom. The molecule has 0 radical (unpaired) electrons. The number of carbonyl (C=O) groups is 3. The number of carbonyl (C=O) groups excluding carboxylic acids is 3. The number of hydrogen-bond acceptors (Lipinski definition) is 5. The highest BCUT2D eigenvalue weighted by Gasteiger charge is 2.30. The lowest BCUT2D eigenvalue weighted by molar-refractivity contribution is -0.862. The number of ether oxygens (including phenoxy) is 1. The van der Waals surface area contributed by atoms with Crippen molar-refractivity contribution in [3.63, 3.8) is 0 Å². The minimum atomic E-state index is -0.366. The smallest absolute Gasteiger partial charge is 0.341 e. The minimum Gasteiger partial charge on any atom is -0.462 e. The van der Waals surface area contributed by atoms with Crippen molar-refractivity contribution in [2.75, 3.05) is 32.1 Å².